The van der Waals surface area contributed by atoms with E-state index in [2.05, 4.69) is 15.3 Å². The van der Waals surface area contributed by atoms with Crippen LogP contribution in [0.15, 0.2) is 18.6 Å². The van der Waals surface area contributed by atoms with E-state index in [1.165, 1.54) is 0 Å². The fourth-order valence-corrected chi connectivity index (χ4v) is 4.20. The smallest absolute Gasteiger partial charge is 0.213 e. The maximum atomic E-state index is 12.0. The SMILES string of the molecule is CCS(=O)(=O)N1CC[C@@]2(C[C@H](Nc3cnccn3)CO2)C1. The van der Waals surface area contributed by atoms with E-state index < -0.39 is 10.0 Å². The molecule has 7 nitrogen and oxygen atoms in total. The third kappa shape index (κ3) is 3.02. The lowest BCUT2D eigenvalue weighted by Crippen LogP contribution is -2.37. The summed E-state index contributed by atoms with van der Waals surface area (Å²) in [7, 11) is -3.13. The van der Waals surface area contributed by atoms with Crippen molar-refractivity contribution in [1.29, 1.82) is 0 Å². The third-order valence-corrected chi connectivity index (χ3v) is 5.99. The molecule has 21 heavy (non-hydrogen) atoms. The maximum Gasteiger partial charge on any atom is 0.213 e. The van der Waals surface area contributed by atoms with E-state index in [-0.39, 0.29) is 17.4 Å². The van der Waals surface area contributed by atoms with E-state index in [0.29, 0.717) is 19.7 Å². The van der Waals surface area contributed by atoms with Crippen molar-refractivity contribution in [2.75, 3.05) is 30.8 Å². The molecule has 116 valence electrons. The van der Waals surface area contributed by atoms with Gasteiger partial charge in [0.15, 0.2) is 0 Å². The van der Waals surface area contributed by atoms with Gasteiger partial charge in [0.2, 0.25) is 10.0 Å². The van der Waals surface area contributed by atoms with Gasteiger partial charge in [-0.05, 0) is 13.3 Å². The molecule has 1 aromatic heterocycles. The van der Waals surface area contributed by atoms with Gasteiger partial charge in [-0.1, -0.05) is 0 Å². The zero-order chi connectivity index (χ0) is 14.9. The number of aromatic nitrogens is 2. The fourth-order valence-electron chi connectivity index (χ4n) is 3.03. The molecule has 2 aliphatic rings. The van der Waals surface area contributed by atoms with Crippen LogP contribution in [-0.2, 0) is 14.8 Å². The van der Waals surface area contributed by atoms with Crippen LogP contribution in [0, 0.1) is 0 Å². The summed E-state index contributed by atoms with van der Waals surface area (Å²) in [5.74, 6) is 0.865. The van der Waals surface area contributed by atoms with Gasteiger partial charge in [-0.2, -0.15) is 4.31 Å². The highest BCUT2D eigenvalue weighted by atomic mass is 32.2. The molecule has 1 aromatic rings. The van der Waals surface area contributed by atoms with Crippen molar-refractivity contribution in [1.82, 2.24) is 14.3 Å². The first-order valence-corrected chi connectivity index (χ1v) is 8.78. The second kappa shape index (κ2) is 5.51. The largest absolute Gasteiger partial charge is 0.371 e. The molecule has 0 aromatic carbocycles. The summed E-state index contributed by atoms with van der Waals surface area (Å²) >= 11 is 0. The predicted octanol–water partition coefficient (Wildman–Crippen LogP) is 0.472. The number of nitrogens with one attached hydrogen (secondary N) is 1. The van der Waals surface area contributed by atoms with Crippen molar-refractivity contribution < 1.29 is 13.2 Å². The highest BCUT2D eigenvalue weighted by Gasteiger charge is 2.48. The molecule has 3 rings (SSSR count). The van der Waals surface area contributed by atoms with Crippen LogP contribution < -0.4 is 5.32 Å². The van der Waals surface area contributed by atoms with E-state index in [1.54, 1.807) is 29.8 Å². The Morgan fingerprint density at radius 2 is 2.38 bits per heavy atom. The van der Waals surface area contributed by atoms with E-state index in [1.807, 2.05) is 0 Å². The molecule has 0 bridgehead atoms. The van der Waals surface area contributed by atoms with Crippen molar-refractivity contribution in [3.05, 3.63) is 18.6 Å². The zero-order valence-corrected chi connectivity index (χ0v) is 12.8. The summed E-state index contributed by atoms with van der Waals surface area (Å²) < 4.78 is 31.4. The lowest BCUT2D eigenvalue weighted by Gasteiger charge is -2.23. The van der Waals surface area contributed by atoms with Gasteiger partial charge in [0.1, 0.15) is 5.82 Å². The number of ether oxygens (including phenoxy) is 1. The molecule has 0 saturated carbocycles. The van der Waals surface area contributed by atoms with Crippen molar-refractivity contribution in [2.24, 2.45) is 0 Å². The number of anilines is 1. The van der Waals surface area contributed by atoms with Gasteiger partial charge in [0, 0.05) is 31.9 Å². The molecular weight excluding hydrogens is 292 g/mol. The normalized spacial score (nSPS) is 30.0. The van der Waals surface area contributed by atoms with E-state index >= 15 is 0 Å². The minimum Gasteiger partial charge on any atom is -0.371 e. The number of hydrogen-bond acceptors (Lipinski definition) is 6. The van der Waals surface area contributed by atoms with E-state index in [4.69, 9.17) is 4.74 Å². The molecule has 0 amide bonds. The Morgan fingerprint density at radius 3 is 3.10 bits per heavy atom. The van der Waals surface area contributed by atoms with Crippen LogP contribution in [0.4, 0.5) is 5.82 Å². The van der Waals surface area contributed by atoms with Crippen LogP contribution >= 0.6 is 0 Å². The molecule has 0 radical (unpaired) electrons. The summed E-state index contributed by atoms with van der Waals surface area (Å²) in [6.07, 6.45) is 6.49. The first-order chi connectivity index (χ1) is 10.0. The Balaban J connectivity index is 1.62. The fraction of sp³-hybridized carbons (Fsp3) is 0.692. The Hall–Kier alpha value is -1.25. The summed E-state index contributed by atoms with van der Waals surface area (Å²) in [4.78, 5) is 8.21. The van der Waals surface area contributed by atoms with Crippen molar-refractivity contribution in [3.63, 3.8) is 0 Å². The lowest BCUT2D eigenvalue weighted by molar-refractivity contribution is 0.0173. The van der Waals surface area contributed by atoms with Crippen LogP contribution in [0.2, 0.25) is 0 Å². The second-order valence-corrected chi connectivity index (χ2v) is 7.87. The second-order valence-electron chi connectivity index (χ2n) is 5.61. The Bertz CT molecular complexity index is 595. The summed E-state index contributed by atoms with van der Waals surface area (Å²) in [6, 6.07) is 0.144. The average Bonchev–Trinajstić information content (AvgIpc) is 3.08. The van der Waals surface area contributed by atoms with Crippen LogP contribution in [0.3, 0.4) is 0 Å². The highest BCUT2D eigenvalue weighted by Crippen LogP contribution is 2.37. The number of sulfonamides is 1. The monoisotopic (exact) mass is 312 g/mol. The molecule has 8 heteroatoms. The standard InChI is InChI=1S/C13H20N4O3S/c1-2-21(18,19)17-6-3-13(10-17)7-11(9-20-13)16-12-8-14-4-5-15-12/h4-5,8,11H,2-3,6-7,9-10H2,1H3,(H,15,16)/t11-,13+/m0/s1. The van der Waals surface area contributed by atoms with Crippen LogP contribution in [0.1, 0.15) is 19.8 Å². The Kier molecular flexibility index (Phi) is 3.85. The molecule has 2 saturated heterocycles. The van der Waals surface area contributed by atoms with Gasteiger partial charge >= 0.3 is 0 Å². The molecule has 2 atom stereocenters. The number of rotatable bonds is 4. The van der Waals surface area contributed by atoms with Crippen LogP contribution in [0.25, 0.3) is 0 Å². The maximum absolute atomic E-state index is 12.0. The van der Waals surface area contributed by atoms with E-state index in [9.17, 15) is 8.42 Å². The molecule has 1 spiro atoms. The van der Waals surface area contributed by atoms with Gasteiger partial charge in [0.05, 0.1) is 30.2 Å². The van der Waals surface area contributed by atoms with Gasteiger partial charge in [-0.3, -0.25) is 4.98 Å². The summed E-state index contributed by atoms with van der Waals surface area (Å²) in [5, 5.41) is 3.29. The van der Waals surface area contributed by atoms with Gasteiger partial charge in [-0.25, -0.2) is 13.4 Å². The van der Waals surface area contributed by atoms with Crippen molar-refractivity contribution in [3.8, 4) is 0 Å². The van der Waals surface area contributed by atoms with Gasteiger partial charge in [0.25, 0.3) is 0 Å². The number of hydrogen-bond donors (Lipinski definition) is 1. The molecule has 2 fully saturated rings. The van der Waals surface area contributed by atoms with Crippen LogP contribution in [0.5, 0.6) is 0 Å². The van der Waals surface area contributed by atoms with Crippen LogP contribution in [-0.4, -0.2) is 59.8 Å². The van der Waals surface area contributed by atoms with E-state index in [0.717, 1.165) is 18.7 Å². The minimum atomic E-state index is -3.13. The molecule has 3 heterocycles. The quantitative estimate of drug-likeness (QED) is 0.870. The molecular formula is C13H20N4O3S. The molecule has 1 N–H and O–H groups in total. The molecule has 0 aliphatic carbocycles. The Labute approximate surface area is 124 Å². The highest BCUT2D eigenvalue weighted by molar-refractivity contribution is 7.89. The first-order valence-electron chi connectivity index (χ1n) is 7.17. The summed E-state index contributed by atoms with van der Waals surface area (Å²) in [5.41, 5.74) is -0.345. The van der Waals surface area contributed by atoms with Gasteiger partial charge < -0.3 is 10.1 Å². The minimum absolute atomic E-state index is 0.143. The zero-order valence-electron chi connectivity index (χ0n) is 12.0. The van der Waals surface area contributed by atoms with Crippen molar-refractivity contribution >= 4 is 15.8 Å². The molecule has 2 aliphatic heterocycles. The summed E-state index contributed by atoms with van der Waals surface area (Å²) in [6.45, 7) is 3.25. The lowest BCUT2D eigenvalue weighted by atomic mass is 9.97. The molecule has 0 unspecified atom stereocenters. The third-order valence-electron chi connectivity index (χ3n) is 4.16. The first kappa shape index (κ1) is 14.7. The topological polar surface area (TPSA) is 84.4 Å². The number of nitrogens with zero attached hydrogens (tertiary/aromatic N) is 3. The average molecular weight is 312 g/mol. The van der Waals surface area contributed by atoms with Crippen molar-refractivity contribution in [2.45, 2.75) is 31.4 Å². The van der Waals surface area contributed by atoms with Gasteiger partial charge in [-0.15, -0.1) is 0 Å². The Morgan fingerprint density at radius 1 is 1.52 bits per heavy atom. The predicted molar refractivity (Wildman–Crippen MR) is 78.4 cm³/mol.